The second-order valence-corrected chi connectivity index (χ2v) is 8.59. The number of carbonyl (C=O) groups excluding carboxylic acids is 2. The summed E-state index contributed by atoms with van der Waals surface area (Å²) in [6, 6.07) is 19.5. The summed E-state index contributed by atoms with van der Waals surface area (Å²) in [6.45, 7) is 2.52. The lowest BCUT2D eigenvalue weighted by Crippen LogP contribution is -2.25. The Balaban J connectivity index is 1.23. The van der Waals surface area contributed by atoms with Crippen LogP contribution in [0.1, 0.15) is 18.1 Å². The number of imide groups is 1. The van der Waals surface area contributed by atoms with Gasteiger partial charge in [-0.2, -0.15) is 0 Å². The van der Waals surface area contributed by atoms with E-state index in [-0.39, 0.29) is 16.4 Å². The van der Waals surface area contributed by atoms with Crippen LogP contribution in [0.5, 0.6) is 5.75 Å². The summed E-state index contributed by atoms with van der Waals surface area (Å²) in [6.07, 6.45) is 4.09. The van der Waals surface area contributed by atoms with Crippen LogP contribution in [0.15, 0.2) is 78.2 Å². The fourth-order valence-electron chi connectivity index (χ4n) is 3.28. The molecule has 1 aliphatic heterocycles. The minimum Gasteiger partial charge on any atom is -0.490 e. The Bertz CT molecular complexity index is 1150. The van der Waals surface area contributed by atoms with Gasteiger partial charge in [0.25, 0.3) is 5.24 Å². The molecule has 0 radical (unpaired) electrons. The lowest BCUT2D eigenvalue weighted by atomic mass is 10.0. The van der Waals surface area contributed by atoms with E-state index in [4.69, 9.17) is 9.57 Å². The van der Waals surface area contributed by atoms with Gasteiger partial charge in [-0.05, 0) is 42.7 Å². The Labute approximate surface area is 196 Å². The highest BCUT2D eigenvalue weighted by Gasteiger charge is 2.31. The van der Waals surface area contributed by atoms with Gasteiger partial charge < -0.3 is 9.57 Å². The number of amides is 2. The zero-order valence-corrected chi connectivity index (χ0v) is 18.9. The SMILES string of the molecule is C/C(=N/OCCOc1ccc(CC2SC(=O)NC2=O)cc1)c1cncc(-c2ccccc2)c1. The van der Waals surface area contributed by atoms with Crippen molar-refractivity contribution in [3.63, 3.8) is 0 Å². The molecule has 7 nitrogen and oxygen atoms in total. The molecular weight excluding hydrogens is 438 g/mol. The molecule has 0 saturated carbocycles. The normalized spacial score (nSPS) is 15.9. The van der Waals surface area contributed by atoms with E-state index in [1.807, 2.05) is 73.8 Å². The Hall–Kier alpha value is -3.65. The van der Waals surface area contributed by atoms with Gasteiger partial charge in [-0.15, -0.1) is 0 Å². The van der Waals surface area contributed by atoms with E-state index in [1.165, 1.54) is 0 Å². The van der Waals surface area contributed by atoms with E-state index in [0.29, 0.717) is 25.4 Å². The summed E-state index contributed by atoms with van der Waals surface area (Å²) < 4.78 is 5.69. The first kappa shape index (κ1) is 22.5. The summed E-state index contributed by atoms with van der Waals surface area (Å²) in [4.78, 5) is 32.7. The van der Waals surface area contributed by atoms with Crippen molar-refractivity contribution in [3.05, 3.63) is 84.2 Å². The molecule has 1 N–H and O–H groups in total. The number of rotatable bonds is 9. The maximum Gasteiger partial charge on any atom is 0.286 e. The van der Waals surface area contributed by atoms with Crippen molar-refractivity contribution in [2.75, 3.05) is 13.2 Å². The predicted octanol–water partition coefficient (Wildman–Crippen LogP) is 4.46. The number of pyridine rings is 1. The molecule has 1 aromatic heterocycles. The molecule has 2 amide bonds. The van der Waals surface area contributed by atoms with Gasteiger partial charge in [-0.25, -0.2) is 0 Å². The van der Waals surface area contributed by atoms with Crippen LogP contribution in [0, 0.1) is 0 Å². The highest BCUT2D eigenvalue weighted by Crippen LogP contribution is 2.24. The molecule has 0 spiro atoms. The summed E-state index contributed by atoms with van der Waals surface area (Å²) in [5.74, 6) is 0.461. The van der Waals surface area contributed by atoms with Crippen LogP contribution in [-0.4, -0.2) is 40.3 Å². The van der Waals surface area contributed by atoms with Crippen molar-refractivity contribution in [2.24, 2.45) is 5.16 Å². The number of carbonyl (C=O) groups is 2. The lowest BCUT2D eigenvalue weighted by molar-refractivity contribution is -0.118. The van der Waals surface area contributed by atoms with Gasteiger partial charge in [0.15, 0.2) is 6.61 Å². The topological polar surface area (TPSA) is 89.9 Å². The van der Waals surface area contributed by atoms with E-state index in [0.717, 1.165) is 39.7 Å². The van der Waals surface area contributed by atoms with Gasteiger partial charge >= 0.3 is 0 Å². The third kappa shape index (κ3) is 6.20. The molecule has 1 saturated heterocycles. The maximum atomic E-state index is 11.7. The van der Waals surface area contributed by atoms with Crippen molar-refractivity contribution in [3.8, 4) is 16.9 Å². The number of nitrogens with zero attached hydrogens (tertiary/aromatic N) is 2. The van der Waals surface area contributed by atoms with Crippen molar-refractivity contribution in [1.82, 2.24) is 10.3 Å². The van der Waals surface area contributed by atoms with Gasteiger partial charge in [0.05, 0.1) is 11.0 Å². The Morgan fingerprint density at radius 3 is 2.55 bits per heavy atom. The third-order valence-electron chi connectivity index (χ3n) is 5.02. The lowest BCUT2D eigenvalue weighted by Gasteiger charge is -2.09. The van der Waals surface area contributed by atoms with Crippen molar-refractivity contribution >= 4 is 28.6 Å². The minimum atomic E-state index is -0.373. The largest absolute Gasteiger partial charge is 0.490 e. The van der Waals surface area contributed by atoms with Gasteiger partial charge in [0.2, 0.25) is 5.91 Å². The Kier molecular flexibility index (Phi) is 7.36. The van der Waals surface area contributed by atoms with E-state index in [2.05, 4.69) is 15.5 Å². The van der Waals surface area contributed by atoms with Crippen LogP contribution in [0.25, 0.3) is 11.1 Å². The van der Waals surface area contributed by atoms with Crippen LogP contribution in [0.4, 0.5) is 4.79 Å². The van der Waals surface area contributed by atoms with Crippen LogP contribution in [0.2, 0.25) is 0 Å². The highest BCUT2D eigenvalue weighted by atomic mass is 32.2. The Morgan fingerprint density at radius 1 is 1.03 bits per heavy atom. The first-order valence-electron chi connectivity index (χ1n) is 10.5. The minimum absolute atomic E-state index is 0.235. The molecule has 3 aromatic rings. The number of aromatic nitrogens is 1. The first-order valence-corrected chi connectivity index (χ1v) is 11.4. The summed E-state index contributed by atoms with van der Waals surface area (Å²) in [5, 5.41) is 5.81. The molecule has 1 atom stereocenters. The summed E-state index contributed by atoms with van der Waals surface area (Å²) in [7, 11) is 0. The molecule has 2 heterocycles. The standard InChI is InChI=1S/C25H23N3O4S/c1-17(20-14-21(16-26-15-20)19-5-3-2-4-6-19)28-32-12-11-31-22-9-7-18(8-10-22)13-23-24(29)27-25(30)33-23/h2-10,14-16,23H,11-13H2,1H3,(H,27,29,30)/b28-17-. The quantitative estimate of drug-likeness (QED) is 0.287. The van der Waals surface area contributed by atoms with E-state index in [9.17, 15) is 9.59 Å². The molecule has 168 valence electrons. The molecule has 1 aliphatic rings. The monoisotopic (exact) mass is 461 g/mol. The maximum absolute atomic E-state index is 11.7. The molecular formula is C25H23N3O4S. The van der Waals surface area contributed by atoms with Gasteiger partial charge in [0.1, 0.15) is 12.4 Å². The van der Waals surface area contributed by atoms with Crippen molar-refractivity contribution < 1.29 is 19.2 Å². The number of nitrogens with one attached hydrogen (secondary N) is 1. The van der Waals surface area contributed by atoms with E-state index >= 15 is 0 Å². The average molecular weight is 462 g/mol. The fourth-order valence-corrected chi connectivity index (χ4v) is 4.14. The molecule has 33 heavy (non-hydrogen) atoms. The van der Waals surface area contributed by atoms with Gasteiger partial charge in [-0.1, -0.05) is 59.4 Å². The number of hydrogen-bond donors (Lipinski definition) is 1. The number of thioether (sulfide) groups is 1. The highest BCUT2D eigenvalue weighted by molar-refractivity contribution is 8.15. The van der Waals surface area contributed by atoms with Gasteiger partial charge in [-0.3, -0.25) is 19.9 Å². The number of hydrogen-bond acceptors (Lipinski definition) is 7. The first-order chi connectivity index (χ1) is 16.1. The van der Waals surface area contributed by atoms with Crippen molar-refractivity contribution in [2.45, 2.75) is 18.6 Å². The van der Waals surface area contributed by atoms with E-state index < -0.39 is 0 Å². The number of oxime groups is 1. The Morgan fingerprint density at radius 2 is 1.82 bits per heavy atom. The zero-order chi connectivity index (χ0) is 23.0. The molecule has 4 rings (SSSR count). The molecule has 1 fully saturated rings. The van der Waals surface area contributed by atoms with Crippen LogP contribution in [0.3, 0.4) is 0 Å². The second kappa shape index (κ2) is 10.8. The summed E-state index contributed by atoms with van der Waals surface area (Å²) >= 11 is 1.03. The molecule has 8 heteroatoms. The average Bonchev–Trinajstić information content (AvgIpc) is 3.16. The van der Waals surface area contributed by atoms with Crippen LogP contribution in [-0.2, 0) is 16.1 Å². The third-order valence-corrected chi connectivity index (χ3v) is 6.00. The second-order valence-electron chi connectivity index (χ2n) is 7.42. The van der Waals surface area contributed by atoms with Crippen LogP contribution >= 0.6 is 11.8 Å². The van der Waals surface area contributed by atoms with E-state index in [1.54, 1.807) is 6.20 Å². The summed E-state index contributed by atoms with van der Waals surface area (Å²) in [5.41, 5.74) is 4.71. The molecule has 1 unspecified atom stereocenters. The fraction of sp³-hybridized carbons (Fsp3) is 0.200. The van der Waals surface area contributed by atoms with Gasteiger partial charge in [0, 0.05) is 23.5 Å². The number of benzene rings is 2. The predicted molar refractivity (Wildman–Crippen MR) is 128 cm³/mol. The smallest absolute Gasteiger partial charge is 0.286 e. The molecule has 0 aliphatic carbocycles. The zero-order valence-electron chi connectivity index (χ0n) is 18.1. The number of ether oxygens (including phenoxy) is 1. The van der Waals surface area contributed by atoms with Crippen LogP contribution < -0.4 is 10.1 Å². The molecule has 0 bridgehead atoms. The van der Waals surface area contributed by atoms with Crippen molar-refractivity contribution in [1.29, 1.82) is 0 Å². The molecule has 2 aromatic carbocycles.